The molecule has 22 heavy (non-hydrogen) atoms. The Kier molecular flexibility index (Phi) is 4.95. The first kappa shape index (κ1) is 17.7. The SMILES string of the molecule is CC(=O)[C@@H](C(=O)OC(C)(C)C)c1c([N+](=O)[O-])ccc(F)c1F. The molecule has 6 nitrogen and oxygen atoms in total. The van der Waals surface area contributed by atoms with E-state index in [1.807, 2.05) is 0 Å². The van der Waals surface area contributed by atoms with Gasteiger partial charge in [-0.3, -0.25) is 19.7 Å². The van der Waals surface area contributed by atoms with Crippen LogP contribution in [0, 0.1) is 21.7 Å². The molecule has 0 saturated carbocycles. The van der Waals surface area contributed by atoms with Gasteiger partial charge >= 0.3 is 5.97 Å². The van der Waals surface area contributed by atoms with Crippen molar-refractivity contribution >= 4 is 17.4 Å². The predicted molar refractivity (Wildman–Crippen MR) is 72.3 cm³/mol. The van der Waals surface area contributed by atoms with Crippen molar-refractivity contribution in [2.24, 2.45) is 0 Å². The molecule has 1 atom stereocenters. The van der Waals surface area contributed by atoms with Crippen molar-refractivity contribution in [3.8, 4) is 0 Å². The number of ether oxygens (including phenoxy) is 1. The van der Waals surface area contributed by atoms with Gasteiger partial charge in [0.15, 0.2) is 11.6 Å². The van der Waals surface area contributed by atoms with Gasteiger partial charge in [-0.15, -0.1) is 0 Å². The molecule has 0 aliphatic heterocycles. The second-order valence-electron chi connectivity index (χ2n) is 5.63. The van der Waals surface area contributed by atoms with Gasteiger partial charge in [-0.1, -0.05) is 0 Å². The predicted octanol–water partition coefficient (Wildman–Crippen LogP) is 2.89. The van der Waals surface area contributed by atoms with E-state index in [-0.39, 0.29) is 0 Å². The molecular formula is C14H15F2NO5. The van der Waals surface area contributed by atoms with E-state index in [9.17, 15) is 28.5 Å². The summed E-state index contributed by atoms with van der Waals surface area (Å²) in [6, 6.07) is 1.26. The minimum Gasteiger partial charge on any atom is -0.459 e. The van der Waals surface area contributed by atoms with Crippen LogP contribution in [0.25, 0.3) is 0 Å². The molecule has 0 bridgehead atoms. The van der Waals surface area contributed by atoms with E-state index in [4.69, 9.17) is 4.74 Å². The highest BCUT2D eigenvalue weighted by Crippen LogP contribution is 2.33. The van der Waals surface area contributed by atoms with Crippen LogP contribution in [0.1, 0.15) is 39.2 Å². The summed E-state index contributed by atoms with van der Waals surface area (Å²) in [5.74, 6) is -6.97. The normalized spacial score (nSPS) is 12.6. The van der Waals surface area contributed by atoms with E-state index in [1.165, 1.54) is 20.8 Å². The zero-order valence-electron chi connectivity index (χ0n) is 12.5. The van der Waals surface area contributed by atoms with E-state index in [2.05, 4.69) is 0 Å². The number of esters is 1. The van der Waals surface area contributed by atoms with Gasteiger partial charge in [0, 0.05) is 6.07 Å². The van der Waals surface area contributed by atoms with E-state index in [0.29, 0.717) is 12.1 Å². The summed E-state index contributed by atoms with van der Waals surface area (Å²) in [7, 11) is 0. The number of benzene rings is 1. The third-order valence-electron chi connectivity index (χ3n) is 2.64. The van der Waals surface area contributed by atoms with E-state index < -0.39 is 51.1 Å². The third-order valence-corrected chi connectivity index (χ3v) is 2.64. The minimum absolute atomic E-state index is 0.559. The van der Waals surface area contributed by atoms with Crippen LogP contribution < -0.4 is 0 Å². The van der Waals surface area contributed by atoms with Crippen LogP contribution >= 0.6 is 0 Å². The second kappa shape index (κ2) is 6.17. The highest BCUT2D eigenvalue weighted by molar-refractivity contribution is 6.04. The van der Waals surface area contributed by atoms with Gasteiger partial charge < -0.3 is 4.74 Å². The largest absolute Gasteiger partial charge is 0.459 e. The van der Waals surface area contributed by atoms with Crippen LogP contribution in [0.3, 0.4) is 0 Å². The van der Waals surface area contributed by atoms with Crippen LogP contribution in [0.4, 0.5) is 14.5 Å². The van der Waals surface area contributed by atoms with Crippen LogP contribution in [0.15, 0.2) is 12.1 Å². The number of nitro groups is 1. The molecule has 0 aliphatic rings. The van der Waals surface area contributed by atoms with Crippen LogP contribution in [0.5, 0.6) is 0 Å². The lowest BCUT2D eigenvalue weighted by Gasteiger charge is -2.23. The lowest BCUT2D eigenvalue weighted by molar-refractivity contribution is -0.385. The van der Waals surface area contributed by atoms with Crippen molar-refractivity contribution in [2.45, 2.75) is 39.2 Å². The number of carbonyl (C=O) groups is 2. The first-order valence-corrected chi connectivity index (χ1v) is 6.31. The third kappa shape index (κ3) is 3.84. The summed E-state index contributed by atoms with van der Waals surface area (Å²) in [5, 5.41) is 11.0. The minimum atomic E-state index is -1.91. The summed E-state index contributed by atoms with van der Waals surface area (Å²) in [6.07, 6.45) is 0. The topological polar surface area (TPSA) is 86.5 Å². The van der Waals surface area contributed by atoms with Crippen molar-refractivity contribution in [3.05, 3.63) is 39.4 Å². The number of hydrogen-bond acceptors (Lipinski definition) is 5. The Hall–Kier alpha value is -2.38. The molecule has 0 heterocycles. The Morgan fingerprint density at radius 2 is 1.82 bits per heavy atom. The Morgan fingerprint density at radius 1 is 1.27 bits per heavy atom. The van der Waals surface area contributed by atoms with Gasteiger partial charge in [-0.25, -0.2) is 8.78 Å². The van der Waals surface area contributed by atoms with Crippen LogP contribution in [0.2, 0.25) is 0 Å². The first-order chi connectivity index (χ1) is 9.95. The molecule has 1 rings (SSSR count). The molecule has 0 spiro atoms. The van der Waals surface area contributed by atoms with Gasteiger partial charge in [0.05, 0.1) is 10.5 Å². The van der Waals surface area contributed by atoms with Crippen molar-refractivity contribution in [2.75, 3.05) is 0 Å². The smallest absolute Gasteiger partial charge is 0.321 e. The summed E-state index contributed by atoms with van der Waals surface area (Å²) in [6.45, 7) is 5.48. The fourth-order valence-electron chi connectivity index (χ4n) is 1.84. The molecule has 0 radical (unpaired) electrons. The average Bonchev–Trinajstić information content (AvgIpc) is 2.31. The van der Waals surface area contributed by atoms with E-state index >= 15 is 0 Å². The first-order valence-electron chi connectivity index (χ1n) is 6.31. The molecule has 0 fully saturated rings. The van der Waals surface area contributed by atoms with Crippen LogP contribution in [-0.4, -0.2) is 22.3 Å². The van der Waals surface area contributed by atoms with Gasteiger partial charge in [0.1, 0.15) is 17.3 Å². The van der Waals surface area contributed by atoms with Gasteiger partial charge in [-0.05, 0) is 33.8 Å². The molecule has 0 aliphatic carbocycles. The van der Waals surface area contributed by atoms with E-state index in [1.54, 1.807) is 0 Å². The zero-order valence-corrected chi connectivity index (χ0v) is 12.5. The van der Waals surface area contributed by atoms with Gasteiger partial charge in [0.25, 0.3) is 5.69 Å². The number of carbonyl (C=O) groups excluding carboxylic acids is 2. The molecule has 0 saturated heterocycles. The lowest BCUT2D eigenvalue weighted by Crippen LogP contribution is -2.31. The highest BCUT2D eigenvalue weighted by atomic mass is 19.2. The van der Waals surface area contributed by atoms with Crippen LogP contribution in [-0.2, 0) is 14.3 Å². The van der Waals surface area contributed by atoms with Gasteiger partial charge in [0.2, 0.25) is 0 Å². The Morgan fingerprint density at radius 3 is 2.23 bits per heavy atom. The zero-order chi connectivity index (χ0) is 17.2. The molecular weight excluding hydrogens is 300 g/mol. The quantitative estimate of drug-likeness (QED) is 0.369. The van der Waals surface area contributed by atoms with Gasteiger partial charge in [-0.2, -0.15) is 0 Å². The monoisotopic (exact) mass is 315 g/mol. The number of rotatable bonds is 4. The number of Topliss-reactive ketones (excluding diaryl/α,β-unsaturated/α-hetero) is 1. The average molecular weight is 315 g/mol. The standard InChI is InChI=1S/C14H15F2NO5/c1-7(18)10(13(19)22-14(2,3)4)11-9(17(20)21)6-5-8(15)12(11)16/h5-6,10H,1-4H3/t10-/m1/s1. The molecule has 0 N–H and O–H groups in total. The molecule has 120 valence electrons. The molecule has 0 unspecified atom stereocenters. The summed E-state index contributed by atoms with van der Waals surface area (Å²) >= 11 is 0. The van der Waals surface area contributed by atoms with Crippen molar-refractivity contribution < 1.29 is 28.0 Å². The van der Waals surface area contributed by atoms with Crippen molar-refractivity contribution in [3.63, 3.8) is 0 Å². The molecule has 8 heteroatoms. The van der Waals surface area contributed by atoms with Crippen molar-refractivity contribution in [1.29, 1.82) is 0 Å². The lowest BCUT2D eigenvalue weighted by atomic mass is 9.93. The summed E-state index contributed by atoms with van der Waals surface area (Å²) < 4.78 is 32.3. The maximum absolute atomic E-state index is 14.0. The Balaban J connectivity index is 3.51. The molecule has 0 aromatic heterocycles. The number of hydrogen-bond donors (Lipinski definition) is 0. The fraction of sp³-hybridized carbons (Fsp3) is 0.429. The number of ketones is 1. The van der Waals surface area contributed by atoms with E-state index in [0.717, 1.165) is 6.92 Å². The summed E-state index contributed by atoms with van der Waals surface area (Å²) in [4.78, 5) is 33.8. The maximum Gasteiger partial charge on any atom is 0.321 e. The fourth-order valence-corrected chi connectivity index (χ4v) is 1.84. The molecule has 1 aromatic carbocycles. The van der Waals surface area contributed by atoms with Crippen molar-refractivity contribution in [1.82, 2.24) is 0 Å². The molecule has 1 aromatic rings. The molecule has 0 amide bonds. The Bertz CT molecular complexity index is 637. The number of nitro benzene ring substituents is 1. The number of halogens is 2. The highest BCUT2D eigenvalue weighted by Gasteiger charge is 2.38. The second-order valence-corrected chi connectivity index (χ2v) is 5.63. The summed E-state index contributed by atoms with van der Waals surface area (Å²) in [5.41, 5.74) is -2.78. The number of nitrogens with zero attached hydrogens (tertiary/aromatic N) is 1. The maximum atomic E-state index is 14.0. The Labute approximate surface area is 125 Å².